The summed E-state index contributed by atoms with van der Waals surface area (Å²) in [7, 11) is 0. The number of nitrogens with zero attached hydrogens (tertiary/aromatic N) is 3. The zero-order chi connectivity index (χ0) is 10.8. The predicted molar refractivity (Wildman–Crippen MR) is 61.7 cm³/mol. The molecule has 0 aliphatic rings. The van der Waals surface area contributed by atoms with Crippen LogP contribution in [-0.4, -0.2) is 14.8 Å². The van der Waals surface area contributed by atoms with E-state index in [2.05, 4.69) is 26.0 Å². The number of hydrogen-bond acceptors (Lipinski definition) is 3. The van der Waals surface area contributed by atoms with E-state index in [4.69, 9.17) is 5.73 Å². The van der Waals surface area contributed by atoms with E-state index in [1.165, 1.54) is 0 Å². The molecule has 2 N–H and O–H groups in total. The van der Waals surface area contributed by atoms with Crippen LogP contribution in [0.2, 0.25) is 0 Å². The number of halogens is 1. The monoisotopic (exact) mass is 266 g/mol. The predicted octanol–water partition coefficient (Wildman–Crippen LogP) is 1.80. The number of nitrogens with two attached hydrogens (primary N) is 1. The molecule has 0 aliphatic heterocycles. The largest absolute Gasteiger partial charge is 0.326 e. The Morgan fingerprint density at radius 3 is 2.73 bits per heavy atom. The van der Waals surface area contributed by atoms with E-state index in [1.807, 2.05) is 19.1 Å². The molecule has 0 saturated heterocycles. The van der Waals surface area contributed by atoms with Crippen molar-refractivity contribution in [2.75, 3.05) is 0 Å². The molecular weight excluding hydrogens is 256 g/mol. The van der Waals surface area contributed by atoms with Gasteiger partial charge in [0.15, 0.2) is 5.82 Å². The van der Waals surface area contributed by atoms with Gasteiger partial charge >= 0.3 is 0 Å². The smallest absolute Gasteiger partial charge is 0.153 e. The first-order valence-corrected chi connectivity index (χ1v) is 5.37. The molecule has 0 amide bonds. The fourth-order valence-electron chi connectivity index (χ4n) is 1.37. The molecule has 0 bridgehead atoms. The van der Waals surface area contributed by atoms with E-state index in [0.717, 1.165) is 21.5 Å². The van der Waals surface area contributed by atoms with E-state index in [9.17, 15) is 0 Å². The first-order chi connectivity index (χ1) is 7.22. The first kappa shape index (κ1) is 10.3. The highest BCUT2D eigenvalue weighted by Crippen LogP contribution is 2.14. The molecule has 5 heteroatoms. The summed E-state index contributed by atoms with van der Waals surface area (Å²) in [6.45, 7) is 2.49. The maximum atomic E-state index is 5.58. The molecule has 2 aromatic rings. The van der Waals surface area contributed by atoms with Gasteiger partial charge in [-0.2, -0.15) is 5.10 Å². The lowest BCUT2D eigenvalue weighted by Gasteiger charge is -2.03. The van der Waals surface area contributed by atoms with Gasteiger partial charge in [-0.15, -0.1) is 0 Å². The van der Waals surface area contributed by atoms with Crippen LogP contribution in [0.25, 0.3) is 5.82 Å². The third kappa shape index (κ3) is 1.93. The van der Waals surface area contributed by atoms with Crippen LogP contribution in [0, 0.1) is 6.92 Å². The van der Waals surface area contributed by atoms with Crippen LogP contribution in [0.4, 0.5) is 0 Å². The van der Waals surface area contributed by atoms with Gasteiger partial charge in [0.05, 0.1) is 6.20 Å². The number of hydrogen-bond donors (Lipinski definition) is 1. The third-order valence-electron chi connectivity index (χ3n) is 2.26. The second-order valence-electron chi connectivity index (χ2n) is 3.21. The molecule has 2 rings (SSSR count). The summed E-state index contributed by atoms with van der Waals surface area (Å²) in [5.74, 6) is 0.801. The summed E-state index contributed by atoms with van der Waals surface area (Å²) >= 11 is 3.34. The van der Waals surface area contributed by atoms with Crippen molar-refractivity contribution < 1.29 is 0 Å². The van der Waals surface area contributed by atoms with Crippen molar-refractivity contribution in [3.63, 3.8) is 0 Å². The van der Waals surface area contributed by atoms with Gasteiger partial charge in [0.25, 0.3) is 0 Å². The van der Waals surface area contributed by atoms with Crippen molar-refractivity contribution in [1.29, 1.82) is 0 Å². The van der Waals surface area contributed by atoms with E-state index >= 15 is 0 Å². The molecule has 2 aromatic heterocycles. The molecule has 78 valence electrons. The van der Waals surface area contributed by atoms with Crippen molar-refractivity contribution in [3.05, 3.63) is 40.3 Å². The minimum Gasteiger partial charge on any atom is -0.326 e. The van der Waals surface area contributed by atoms with Crippen LogP contribution in [0.3, 0.4) is 0 Å². The zero-order valence-electron chi connectivity index (χ0n) is 8.31. The van der Waals surface area contributed by atoms with Crippen LogP contribution in [0.5, 0.6) is 0 Å². The second-order valence-corrected chi connectivity index (χ2v) is 4.12. The Morgan fingerprint density at radius 2 is 2.20 bits per heavy atom. The average Bonchev–Trinajstić information content (AvgIpc) is 2.61. The molecule has 15 heavy (non-hydrogen) atoms. The quantitative estimate of drug-likeness (QED) is 0.902. The summed E-state index contributed by atoms with van der Waals surface area (Å²) in [6.07, 6.45) is 3.53. The van der Waals surface area contributed by atoms with Crippen molar-refractivity contribution in [3.8, 4) is 5.82 Å². The second kappa shape index (κ2) is 4.12. The molecule has 0 aromatic carbocycles. The van der Waals surface area contributed by atoms with Gasteiger partial charge < -0.3 is 5.73 Å². The van der Waals surface area contributed by atoms with Gasteiger partial charge in [-0.3, -0.25) is 0 Å². The van der Waals surface area contributed by atoms with Gasteiger partial charge in [0.2, 0.25) is 0 Å². The number of pyridine rings is 1. The lowest BCUT2D eigenvalue weighted by molar-refractivity contribution is 0.813. The maximum Gasteiger partial charge on any atom is 0.153 e. The Labute approximate surface area is 96.3 Å². The van der Waals surface area contributed by atoms with Crippen LogP contribution in [-0.2, 0) is 6.54 Å². The topological polar surface area (TPSA) is 56.7 Å². The van der Waals surface area contributed by atoms with Gasteiger partial charge in [0, 0.05) is 28.5 Å². The Morgan fingerprint density at radius 1 is 1.40 bits per heavy atom. The van der Waals surface area contributed by atoms with Crippen molar-refractivity contribution in [1.82, 2.24) is 14.8 Å². The standard InChI is InChI=1S/C10H11BrN4/c1-7-8(4-12)5-14-15(7)10-3-2-9(11)6-13-10/h2-3,5-6H,4,12H2,1H3. The summed E-state index contributed by atoms with van der Waals surface area (Å²) in [4.78, 5) is 4.27. The summed E-state index contributed by atoms with van der Waals surface area (Å²) < 4.78 is 2.74. The number of rotatable bonds is 2. The summed E-state index contributed by atoms with van der Waals surface area (Å²) in [6, 6.07) is 3.84. The summed E-state index contributed by atoms with van der Waals surface area (Å²) in [5.41, 5.74) is 7.66. The molecule has 0 aliphatic carbocycles. The summed E-state index contributed by atoms with van der Waals surface area (Å²) in [5, 5.41) is 4.25. The Balaban J connectivity index is 2.45. The van der Waals surface area contributed by atoms with E-state index in [1.54, 1.807) is 17.1 Å². The van der Waals surface area contributed by atoms with E-state index in [0.29, 0.717) is 6.54 Å². The van der Waals surface area contributed by atoms with Crippen LogP contribution >= 0.6 is 15.9 Å². The molecule has 0 saturated carbocycles. The maximum absolute atomic E-state index is 5.58. The van der Waals surface area contributed by atoms with Gasteiger partial charge in [0.1, 0.15) is 0 Å². The Hall–Kier alpha value is -1.20. The van der Waals surface area contributed by atoms with E-state index < -0.39 is 0 Å². The normalized spacial score (nSPS) is 10.6. The van der Waals surface area contributed by atoms with E-state index in [-0.39, 0.29) is 0 Å². The molecule has 0 radical (unpaired) electrons. The molecule has 0 unspecified atom stereocenters. The highest BCUT2D eigenvalue weighted by molar-refractivity contribution is 9.10. The first-order valence-electron chi connectivity index (χ1n) is 4.58. The van der Waals surface area contributed by atoms with Crippen LogP contribution in [0.15, 0.2) is 29.0 Å². The SMILES string of the molecule is Cc1c(CN)cnn1-c1ccc(Br)cn1. The molecule has 0 spiro atoms. The van der Waals surface area contributed by atoms with Gasteiger partial charge in [-0.05, 0) is 35.0 Å². The minimum absolute atomic E-state index is 0.502. The number of aromatic nitrogens is 3. The fraction of sp³-hybridized carbons (Fsp3) is 0.200. The van der Waals surface area contributed by atoms with Gasteiger partial charge in [-0.1, -0.05) is 0 Å². The molecule has 4 nitrogen and oxygen atoms in total. The fourth-order valence-corrected chi connectivity index (χ4v) is 1.60. The highest BCUT2D eigenvalue weighted by atomic mass is 79.9. The molecule has 2 heterocycles. The molecular formula is C10H11BrN4. The van der Waals surface area contributed by atoms with Crippen molar-refractivity contribution in [2.45, 2.75) is 13.5 Å². The van der Waals surface area contributed by atoms with Crippen LogP contribution in [0.1, 0.15) is 11.3 Å². The zero-order valence-corrected chi connectivity index (χ0v) is 9.90. The van der Waals surface area contributed by atoms with Crippen molar-refractivity contribution >= 4 is 15.9 Å². The third-order valence-corrected chi connectivity index (χ3v) is 2.73. The van der Waals surface area contributed by atoms with Crippen molar-refractivity contribution in [2.24, 2.45) is 5.73 Å². The average molecular weight is 267 g/mol. The molecule has 0 fully saturated rings. The highest BCUT2D eigenvalue weighted by Gasteiger charge is 2.06. The lowest BCUT2D eigenvalue weighted by Crippen LogP contribution is -2.03. The minimum atomic E-state index is 0.502. The van der Waals surface area contributed by atoms with Crippen LogP contribution < -0.4 is 5.73 Å². The lowest BCUT2D eigenvalue weighted by atomic mass is 10.3. The molecule has 0 atom stereocenters. The van der Waals surface area contributed by atoms with Gasteiger partial charge in [-0.25, -0.2) is 9.67 Å². The Kier molecular flexibility index (Phi) is 2.83. The Bertz CT molecular complexity index is 461.